The van der Waals surface area contributed by atoms with Crippen LogP contribution in [-0.4, -0.2) is 23.1 Å². The second kappa shape index (κ2) is 8.53. The second-order valence-electron chi connectivity index (χ2n) is 8.50. The lowest BCUT2D eigenvalue weighted by molar-refractivity contribution is -0.119. The van der Waals surface area contributed by atoms with Crippen LogP contribution in [0.3, 0.4) is 0 Å². The Kier molecular flexibility index (Phi) is 6.06. The van der Waals surface area contributed by atoms with Crippen LogP contribution in [0.5, 0.6) is 0 Å². The molecule has 2 heterocycles. The molecule has 0 spiro atoms. The number of amides is 1. The lowest BCUT2D eigenvalue weighted by atomic mass is 9.86. The van der Waals surface area contributed by atoms with Gasteiger partial charge in [0.1, 0.15) is 0 Å². The first kappa shape index (κ1) is 21.3. The molecular weight excluding hydrogens is 376 g/mol. The highest BCUT2D eigenvalue weighted by atomic mass is 16.2. The van der Waals surface area contributed by atoms with E-state index in [4.69, 9.17) is 11.1 Å². The molecule has 0 radical (unpaired) electrons. The van der Waals surface area contributed by atoms with Crippen molar-refractivity contribution in [1.82, 2.24) is 10.3 Å². The minimum atomic E-state index is -0.319. The van der Waals surface area contributed by atoms with Crippen LogP contribution in [-0.2, 0) is 10.2 Å². The van der Waals surface area contributed by atoms with Crippen molar-refractivity contribution in [3.05, 3.63) is 81.4 Å². The summed E-state index contributed by atoms with van der Waals surface area (Å²) in [6.45, 7) is 6.48. The Bertz CT molecular complexity index is 1070. The summed E-state index contributed by atoms with van der Waals surface area (Å²) in [7, 11) is 0. The molecule has 1 aromatic heterocycles. The van der Waals surface area contributed by atoms with E-state index in [-0.39, 0.29) is 22.9 Å². The van der Waals surface area contributed by atoms with Gasteiger partial charge in [-0.3, -0.25) is 9.59 Å². The van der Waals surface area contributed by atoms with E-state index >= 15 is 0 Å². The number of aromatic nitrogens is 1. The third kappa shape index (κ3) is 4.59. The number of benzene rings is 1. The molecule has 156 valence electrons. The van der Waals surface area contributed by atoms with Crippen molar-refractivity contribution >= 4 is 23.3 Å². The average Bonchev–Trinajstić information content (AvgIpc) is 3.12. The summed E-state index contributed by atoms with van der Waals surface area (Å²) in [5, 5.41) is 10.4. The Morgan fingerprint density at radius 1 is 1.13 bits per heavy atom. The number of nitrogens with two attached hydrogens (primary N) is 1. The van der Waals surface area contributed by atoms with Gasteiger partial charge < -0.3 is 21.4 Å². The van der Waals surface area contributed by atoms with Gasteiger partial charge in [-0.15, -0.1) is 0 Å². The normalized spacial score (nSPS) is 17.7. The van der Waals surface area contributed by atoms with Gasteiger partial charge in [-0.2, -0.15) is 0 Å². The van der Waals surface area contributed by atoms with Crippen molar-refractivity contribution in [2.24, 2.45) is 5.73 Å². The number of carbonyl (C=O) groups is 1. The van der Waals surface area contributed by atoms with Crippen LogP contribution in [0.1, 0.15) is 56.0 Å². The Balaban J connectivity index is 2.08. The average molecular weight is 405 g/mol. The number of H-pyrrole nitrogens is 1. The fourth-order valence-electron chi connectivity index (χ4n) is 3.53. The van der Waals surface area contributed by atoms with Crippen molar-refractivity contribution in [3.63, 3.8) is 0 Å². The van der Waals surface area contributed by atoms with Crippen molar-refractivity contribution < 1.29 is 4.79 Å². The lowest BCUT2D eigenvalue weighted by Crippen LogP contribution is -2.24. The predicted octanol–water partition coefficient (Wildman–Crippen LogP) is 3.33. The fourth-order valence-corrected chi connectivity index (χ4v) is 3.53. The number of pyridine rings is 1. The molecule has 1 saturated heterocycles. The molecule has 6 heteroatoms. The summed E-state index contributed by atoms with van der Waals surface area (Å²) in [5.74, 6) is 0.0335. The van der Waals surface area contributed by atoms with Crippen LogP contribution in [0, 0.1) is 5.41 Å². The van der Waals surface area contributed by atoms with E-state index in [0.717, 1.165) is 23.8 Å². The Morgan fingerprint density at radius 2 is 1.83 bits per heavy atom. The number of nitrogens with one attached hydrogen (secondary N) is 3. The standard InChI is InChI=1S/C24H28N4O2/c1-24(2,3)17-6-4-15(5-7-17)20(12-18-8-11-22(29)27-18)21-10-9-19(23(30)28-21)16(13-25)14-26/h4-7,9-10,12-14,18,25H,8,11,26H2,1-3H3,(H,27,29)(H,28,30)/b16-14+,20-12+,25-13?/t18-/m1/s1. The van der Waals surface area contributed by atoms with Gasteiger partial charge in [0.25, 0.3) is 5.56 Å². The maximum atomic E-state index is 12.7. The highest BCUT2D eigenvalue weighted by Gasteiger charge is 2.21. The second-order valence-corrected chi connectivity index (χ2v) is 8.50. The molecular formula is C24H28N4O2. The minimum absolute atomic E-state index is 0.0335. The molecule has 0 aliphatic carbocycles. The van der Waals surface area contributed by atoms with E-state index in [2.05, 4.69) is 43.2 Å². The van der Waals surface area contributed by atoms with Gasteiger partial charge in [0.2, 0.25) is 5.91 Å². The summed E-state index contributed by atoms with van der Waals surface area (Å²) in [6.07, 6.45) is 5.52. The molecule has 30 heavy (non-hydrogen) atoms. The van der Waals surface area contributed by atoms with E-state index in [1.165, 1.54) is 11.8 Å². The highest BCUT2D eigenvalue weighted by Crippen LogP contribution is 2.28. The molecule has 1 aromatic carbocycles. The topological polar surface area (TPSA) is 112 Å². The third-order valence-corrected chi connectivity index (χ3v) is 5.30. The van der Waals surface area contributed by atoms with Crippen LogP contribution in [0.15, 0.2) is 53.5 Å². The van der Waals surface area contributed by atoms with Crippen molar-refractivity contribution in [1.29, 1.82) is 5.41 Å². The van der Waals surface area contributed by atoms with Crippen LogP contribution in [0.4, 0.5) is 0 Å². The summed E-state index contributed by atoms with van der Waals surface area (Å²) < 4.78 is 0. The molecule has 1 fully saturated rings. The van der Waals surface area contributed by atoms with Gasteiger partial charge >= 0.3 is 0 Å². The predicted molar refractivity (Wildman–Crippen MR) is 121 cm³/mol. The van der Waals surface area contributed by atoms with Gasteiger partial charge in [-0.05, 0) is 35.1 Å². The van der Waals surface area contributed by atoms with Gasteiger partial charge in [-0.25, -0.2) is 0 Å². The van der Waals surface area contributed by atoms with Gasteiger partial charge in [-0.1, -0.05) is 51.1 Å². The number of hydrogen-bond donors (Lipinski definition) is 4. The first-order valence-corrected chi connectivity index (χ1v) is 10.0. The van der Waals surface area contributed by atoms with Crippen molar-refractivity contribution in [2.45, 2.75) is 45.1 Å². The third-order valence-electron chi connectivity index (χ3n) is 5.30. The Labute approximate surface area is 176 Å². The molecule has 0 unspecified atom stereocenters. The number of allylic oxidation sites excluding steroid dienone is 1. The van der Waals surface area contributed by atoms with Gasteiger partial charge in [0.05, 0.1) is 0 Å². The zero-order valence-electron chi connectivity index (χ0n) is 17.6. The summed E-state index contributed by atoms with van der Waals surface area (Å²) in [5.41, 5.74) is 9.60. The number of aromatic amines is 1. The fraction of sp³-hybridized carbons (Fsp3) is 0.292. The lowest BCUT2D eigenvalue weighted by Gasteiger charge is -2.20. The Hall–Kier alpha value is -3.41. The maximum Gasteiger partial charge on any atom is 0.256 e. The van der Waals surface area contributed by atoms with E-state index in [9.17, 15) is 9.59 Å². The van der Waals surface area contributed by atoms with E-state index in [0.29, 0.717) is 23.3 Å². The molecule has 5 N–H and O–H groups in total. The molecule has 1 atom stereocenters. The summed E-state index contributed by atoms with van der Waals surface area (Å²) in [6, 6.07) is 11.7. The van der Waals surface area contributed by atoms with Crippen molar-refractivity contribution in [2.75, 3.05) is 0 Å². The first-order chi connectivity index (χ1) is 14.2. The zero-order chi connectivity index (χ0) is 21.9. The van der Waals surface area contributed by atoms with Crippen LogP contribution < -0.4 is 16.6 Å². The van der Waals surface area contributed by atoms with Crippen LogP contribution >= 0.6 is 0 Å². The summed E-state index contributed by atoms with van der Waals surface area (Å²) >= 11 is 0. The molecule has 1 aliphatic heterocycles. The van der Waals surface area contributed by atoms with Crippen LogP contribution in [0.2, 0.25) is 0 Å². The van der Waals surface area contributed by atoms with Gasteiger partial charge in [0, 0.05) is 47.3 Å². The minimum Gasteiger partial charge on any atom is -0.404 e. The first-order valence-electron chi connectivity index (χ1n) is 10.0. The number of carbonyl (C=O) groups excluding carboxylic acids is 1. The van der Waals surface area contributed by atoms with Gasteiger partial charge in [0.15, 0.2) is 0 Å². The maximum absolute atomic E-state index is 12.7. The molecule has 3 rings (SSSR count). The van der Waals surface area contributed by atoms with Crippen molar-refractivity contribution in [3.8, 4) is 0 Å². The monoisotopic (exact) mass is 404 g/mol. The Morgan fingerprint density at radius 3 is 2.33 bits per heavy atom. The van der Waals surface area contributed by atoms with E-state index in [1.54, 1.807) is 6.07 Å². The molecule has 6 nitrogen and oxygen atoms in total. The number of rotatable bonds is 5. The molecule has 1 aliphatic rings. The molecule has 2 aromatic rings. The van der Waals surface area contributed by atoms with Crippen LogP contribution in [0.25, 0.3) is 11.1 Å². The quantitative estimate of drug-likeness (QED) is 0.573. The molecule has 0 bridgehead atoms. The number of hydrogen-bond acceptors (Lipinski definition) is 4. The largest absolute Gasteiger partial charge is 0.404 e. The molecule has 0 saturated carbocycles. The van der Waals surface area contributed by atoms with E-state index in [1.807, 2.05) is 24.3 Å². The SMILES string of the molecule is CC(C)(C)c1ccc(/C(=C\[C@H]2CCC(=O)N2)c2ccc(/C(C=N)=C/N)c(=O)[nH]2)cc1. The smallest absolute Gasteiger partial charge is 0.256 e. The summed E-state index contributed by atoms with van der Waals surface area (Å²) in [4.78, 5) is 27.2. The zero-order valence-corrected chi connectivity index (χ0v) is 17.6. The highest BCUT2D eigenvalue weighted by molar-refractivity contribution is 6.07. The molecule has 1 amide bonds. The van der Waals surface area contributed by atoms with E-state index < -0.39 is 0 Å².